The lowest BCUT2D eigenvalue weighted by molar-refractivity contribution is 0.398. The third kappa shape index (κ3) is 3.06. The summed E-state index contributed by atoms with van der Waals surface area (Å²) >= 11 is 1.20. The second-order valence-corrected chi connectivity index (χ2v) is 7.64. The van der Waals surface area contributed by atoms with Crippen molar-refractivity contribution in [1.29, 1.82) is 0 Å². The Morgan fingerprint density at radius 3 is 2.58 bits per heavy atom. The maximum atomic E-state index is 12.3. The van der Waals surface area contributed by atoms with Crippen LogP contribution in [-0.4, -0.2) is 19.8 Å². The zero-order valence-electron chi connectivity index (χ0n) is 10.8. The van der Waals surface area contributed by atoms with Gasteiger partial charge in [0, 0.05) is 18.5 Å². The van der Waals surface area contributed by atoms with Gasteiger partial charge < -0.3 is 10.2 Å². The van der Waals surface area contributed by atoms with E-state index in [9.17, 15) is 8.42 Å². The van der Waals surface area contributed by atoms with Crippen molar-refractivity contribution in [3.8, 4) is 0 Å². The van der Waals surface area contributed by atoms with Crippen LogP contribution >= 0.6 is 11.3 Å². The molecule has 2 rings (SSSR count). The Labute approximate surface area is 116 Å². The Hall–Kier alpha value is -1.15. The monoisotopic (exact) mass is 300 g/mol. The number of aryl methyl sites for hydroxylation is 1. The molecule has 19 heavy (non-hydrogen) atoms. The van der Waals surface area contributed by atoms with E-state index in [1.807, 2.05) is 13.0 Å². The van der Waals surface area contributed by atoms with Gasteiger partial charge in [-0.2, -0.15) is 4.31 Å². The Morgan fingerprint density at radius 2 is 2.05 bits per heavy atom. The fourth-order valence-corrected chi connectivity index (χ4v) is 4.22. The SMILES string of the molecule is Cc1ccc(CN(C)S(=O)(=O)c2ccc(CN)s2)o1. The molecule has 0 unspecified atom stereocenters. The molecule has 2 heterocycles. The van der Waals surface area contributed by atoms with Gasteiger partial charge in [0.2, 0.25) is 0 Å². The molecule has 2 N–H and O–H groups in total. The maximum absolute atomic E-state index is 12.3. The van der Waals surface area contributed by atoms with Crippen LogP contribution in [0.5, 0.6) is 0 Å². The molecule has 0 aliphatic carbocycles. The van der Waals surface area contributed by atoms with Crippen molar-refractivity contribution in [2.75, 3.05) is 7.05 Å². The lowest BCUT2D eigenvalue weighted by Gasteiger charge is -2.14. The first kappa shape index (κ1) is 14.3. The van der Waals surface area contributed by atoms with Crippen LogP contribution in [0.25, 0.3) is 0 Å². The zero-order valence-corrected chi connectivity index (χ0v) is 12.4. The molecular formula is C12H16N2O3S2. The van der Waals surface area contributed by atoms with E-state index in [2.05, 4.69) is 0 Å². The first-order chi connectivity index (χ1) is 8.93. The first-order valence-corrected chi connectivity index (χ1v) is 7.99. The quantitative estimate of drug-likeness (QED) is 0.915. The second kappa shape index (κ2) is 5.46. The van der Waals surface area contributed by atoms with Crippen LogP contribution in [0.2, 0.25) is 0 Å². The Morgan fingerprint density at radius 1 is 1.32 bits per heavy atom. The largest absolute Gasteiger partial charge is 0.465 e. The van der Waals surface area contributed by atoms with Gasteiger partial charge in [0.15, 0.2) is 0 Å². The van der Waals surface area contributed by atoms with Gasteiger partial charge in [-0.05, 0) is 31.2 Å². The van der Waals surface area contributed by atoms with Crippen molar-refractivity contribution in [2.24, 2.45) is 5.73 Å². The van der Waals surface area contributed by atoms with E-state index in [1.54, 1.807) is 18.2 Å². The van der Waals surface area contributed by atoms with Gasteiger partial charge in [0.05, 0.1) is 6.54 Å². The van der Waals surface area contributed by atoms with Gasteiger partial charge in [-0.15, -0.1) is 11.3 Å². The molecule has 0 saturated carbocycles. The molecule has 2 aromatic rings. The highest BCUT2D eigenvalue weighted by Crippen LogP contribution is 2.25. The number of rotatable bonds is 5. The predicted molar refractivity (Wildman–Crippen MR) is 74.3 cm³/mol. The van der Waals surface area contributed by atoms with E-state index in [-0.39, 0.29) is 6.54 Å². The summed E-state index contributed by atoms with van der Waals surface area (Å²) in [6.07, 6.45) is 0. The molecule has 0 fully saturated rings. The molecule has 0 amide bonds. The van der Waals surface area contributed by atoms with E-state index in [0.29, 0.717) is 16.5 Å². The smallest absolute Gasteiger partial charge is 0.252 e. The Bertz CT molecular complexity index is 658. The minimum Gasteiger partial charge on any atom is -0.465 e. The summed E-state index contributed by atoms with van der Waals surface area (Å²) in [7, 11) is -1.94. The van der Waals surface area contributed by atoms with Crippen molar-refractivity contribution in [2.45, 2.75) is 24.2 Å². The number of nitrogens with zero attached hydrogens (tertiary/aromatic N) is 1. The molecule has 2 aromatic heterocycles. The maximum Gasteiger partial charge on any atom is 0.252 e. The summed E-state index contributed by atoms with van der Waals surface area (Å²) < 4.78 is 31.6. The Balaban J connectivity index is 2.19. The van der Waals surface area contributed by atoms with Crippen LogP contribution in [-0.2, 0) is 23.1 Å². The minimum absolute atomic E-state index is 0.214. The summed E-state index contributed by atoms with van der Waals surface area (Å²) in [5.41, 5.74) is 5.50. The molecule has 0 bridgehead atoms. The highest BCUT2D eigenvalue weighted by atomic mass is 32.2. The highest BCUT2D eigenvalue weighted by Gasteiger charge is 2.23. The van der Waals surface area contributed by atoms with Gasteiger partial charge in [-0.25, -0.2) is 8.42 Å². The number of hydrogen-bond acceptors (Lipinski definition) is 5. The number of hydrogen-bond donors (Lipinski definition) is 1. The van der Waals surface area contributed by atoms with E-state index < -0.39 is 10.0 Å². The summed E-state index contributed by atoms with van der Waals surface area (Å²) in [6, 6.07) is 6.92. The fourth-order valence-electron chi connectivity index (χ4n) is 1.63. The van der Waals surface area contributed by atoms with Gasteiger partial charge in [0.1, 0.15) is 15.7 Å². The van der Waals surface area contributed by atoms with Crippen molar-refractivity contribution >= 4 is 21.4 Å². The van der Waals surface area contributed by atoms with E-state index >= 15 is 0 Å². The predicted octanol–water partition coefficient (Wildman–Crippen LogP) is 1.93. The molecular weight excluding hydrogens is 284 g/mol. The van der Waals surface area contributed by atoms with Crippen molar-refractivity contribution < 1.29 is 12.8 Å². The molecule has 0 atom stereocenters. The molecule has 0 radical (unpaired) electrons. The first-order valence-electron chi connectivity index (χ1n) is 5.74. The van der Waals surface area contributed by atoms with Crippen LogP contribution in [0.1, 0.15) is 16.4 Å². The van der Waals surface area contributed by atoms with Crippen LogP contribution < -0.4 is 5.73 Å². The molecule has 0 spiro atoms. The number of furan rings is 1. The van der Waals surface area contributed by atoms with Gasteiger partial charge >= 0.3 is 0 Å². The summed E-state index contributed by atoms with van der Waals surface area (Å²) in [5, 5.41) is 0. The molecule has 104 valence electrons. The Kier molecular flexibility index (Phi) is 4.10. The van der Waals surface area contributed by atoms with Crippen LogP contribution in [0.15, 0.2) is 32.9 Å². The van der Waals surface area contributed by atoms with Crippen molar-refractivity contribution in [3.05, 3.63) is 40.7 Å². The normalized spacial score (nSPS) is 12.2. The van der Waals surface area contributed by atoms with Gasteiger partial charge in [-0.3, -0.25) is 0 Å². The number of thiophene rings is 1. The summed E-state index contributed by atoms with van der Waals surface area (Å²) in [4.78, 5) is 0.848. The summed E-state index contributed by atoms with van der Waals surface area (Å²) in [6.45, 7) is 2.39. The standard InChI is InChI=1S/C12H16N2O3S2/c1-9-3-4-10(17-9)8-14(2)19(15,16)12-6-5-11(7-13)18-12/h3-6H,7-8,13H2,1-2H3. The van der Waals surface area contributed by atoms with Crippen LogP contribution in [0.4, 0.5) is 0 Å². The average Bonchev–Trinajstić information content (AvgIpc) is 2.98. The molecule has 0 aliphatic heterocycles. The fraction of sp³-hybridized carbons (Fsp3) is 0.333. The topological polar surface area (TPSA) is 76.5 Å². The van der Waals surface area contributed by atoms with E-state index in [1.165, 1.54) is 22.7 Å². The van der Waals surface area contributed by atoms with E-state index in [0.717, 1.165) is 10.6 Å². The molecule has 0 aromatic carbocycles. The number of sulfonamides is 1. The third-order valence-corrected chi connectivity index (χ3v) is 6.06. The zero-order chi connectivity index (χ0) is 14.0. The number of nitrogens with two attached hydrogens (primary N) is 1. The average molecular weight is 300 g/mol. The van der Waals surface area contributed by atoms with Crippen molar-refractivity contribution in [3.63, 3.8) is 0 Å². The van der Waals surface area contributed by atoms with Gasteiger partial charge in [0.25, 0.3) is 10.0 Å². The van der Waals surface area contributed by atoms with Gasteiger partial charge in [-0.1, -0.05) is 0 Å². The second-order valence-electron chi connectivity index (χ2n) is 4.20. The highest BCUT2D eigenvalue weighted by molar-refractivity contribution is 7.91. The van der Waals surface area contributed by atoms with Crippen LogP contribution in [0, 0.1) is 6.92 Å². The molecule has 0 aliphatic rings. The third-order valence-electron chi connectivity index (χ3n) is 2.68. The molecule has 5 nitrogen and oxygen atoms in total. The summed E-state index contributed by atoms with van der Waals surface area (Å²) in [5.74, 6) is 1.39. The molecule has 0 saturated heterocycles. The lowest BCUT2D eigenvalue weighted by atomic mass is 10.4. The lowest BCUT2D eigenvalue weighted by Crippen LogP contribution is -2.25. The minimum atomic E-state index is -3.48. The van der Waals surface area contributed by atoms with Crippen molar-refractivity contribution in [1.82, 2.24) is 4.31 Å². The van der Waals surface area contributed by atoms with Crippen LogP contribution in [0.3, 0.4) is 0 Å². The van der Waals surface area contributed by atoms with E-state index in [4.69, 9.17) is 10.2 Å². The molecule has 7 heteroatoms.